The Morgan fingerprint density at radius 3 is 1.91 bits per heavy atom. The quantitative estimate of drug-likeness (QED) is 0.388. The summed E-state index contributed by atoms with van der Waals surface area (Å²) in [4.78, 5) is 0. The van der Waals surface area contributed by atoms with Gasteiger partial charge in [-0.3, -0.25) is 0 Å². The molecule has 0 radical (unpaired) electrons. The van der Waals surface area contributed by atoms with E-state index >= 15 is 0 Å². The van der Waals surface area contributed by atoms with Crippen LogP contribution in [0.2, 0.25) is 0 Å². The highest BCUT2D eigenvalue weighted by Gasteiger charge is 2.17. The maximum absolute atomic E-state index is 5.58. The van der Waals surface area contributed by atoms with Crippen molar-refractivity contribution in [3.63, 3.8) is 0 Å². The van der Waals surface area contributed by atoms with Crippen molar-refractivity contribution in [3.8, 4) is 0 Å². The molecule has 0 aliphatic heterocycles. The van der Waals surface area contributed by atoms with Crippen molar-refractivity contribution in [1.82, 2.24) is 0 Å². The average Bonchev–Trinajstić information content (AvgIpc) is 1.85. The van der Waals surface area contributed by atoms with Crippen molar-refractivity contribution in [3.05, 3.63) is 0 Å². The number of hydrogen-bond donors (Lipinski definition) is 0. The molecule has 0 aliphatic carbocycles. The summed E-state index contributed by atoms with van der Waals surface area (Å²) in [6.45, 7) is 0. The van der Waals surface area contributed by atoms with Crippen LogP contribution in [0.15, 0.2) is 0 Å². The number of alkyl halides is 4. The van der Waals surface area contributed by atoms with Gasteiger partial charge in [0.1, 0.15) is 0 Å². The lowest BCUT2D eigenvalue weighted by Gasteiger charge is -2.09. The minimum Gasteiger partial charge on any atom is -0.0864 e. The minimum absolute atomic E-state index is 0.679. The topological polar surface area (TPSA) is 0 Å². The molecule has 0 aromatic carbocycles. The van der Waals surface area contributed by atoms with E-state index in [0.717, 1.165) is 6.42 Å². The predicted octanol–water partition coefficient (Wildman–Crippen LogP) is 4.74. The van der Waals surface area contributed by atoms with Crippen LogP contribution >= 0.6 is 57.4 Å². The summed E-state index contributed by atoms with van der Waals surface area (Å²) >= 11 is 19.1. The fourth-order valence-corrected chi connectivity index (χ4v) is 1.71. The van der Waals surface area contributed by atoms with Crippen molar-refractivity contribution in [2.75, 3.05) is 4.43 Å². The molecule has 0 heterocycles. The maximum atomic E-state index is 5.58. The van der Waals surface area contributed by atoms with E-state index in [9.17, 15) is 0 Å². The van der Waals surface area contributed by atoms with E-state index < -0.39 is 3.79 Å². The van der Waals surface area contributed by atoms with Gasteiger partial charge in [-0.25, -0.2) is 0 Å². The summed E-state index contributed by atoms with van der Waals surface area (Å²) in [5.74, 6) is 0. The molecule has 0 spiro atoms. The molecule has 0 unspecified atom stereocenters. The summed E-state index contributed by atoms with van der Waals surface area (Å²) in [6, 6.07) is 0. The molecule has 0 rings (SSSR count). The molecule has 0 nitrogen and oxygen atoms in total. The Kier molecular flexibility index (Phi) is 8.07. The first-order valence-corrected chi connectivity index (χ1v) is 6.35. The van der Waals surface area contributed by atoms with E-state index in [0.29, 0.717) is 6.42 Å². The summed E-state index contributed by atoms with van der Waals surface area (Å²) < 4.78 is 0.190. The molecule has 0 aromatic rings. The van der Waals surface area contributed by atoms with E-state index in [1.165, 1.54) is 23.7 Å². The Labute approximate surface area is 97.1 Å². The first-order valence-electron chi connectivity index (χ1n) is 3.69. The van der Waals surface area contributed by atoms with Gasteiger partial charge in [0.25, 0.3) is 0 Å². The van der Waals surface area contributed by atoms with Crippen molar-refractivity contribution < 1.29 is 0 Å². The van der Waals surface area contributed by atoms with Gasteiger partial charge in [0.2, 0.25) is 0 Å². The van der Waals surface area contributed by atoms with Gasteiger partial charge in [0.05, 0.1) is 0 Å². The van der Waals surface area contributed by atoms with Crippen LogP contribution in [0.5, 0.6) is 0 Å². The second kappa shape index (κ2) is 7.05. The molecule has 0 bridgehead atoms. The van der Waals surface area contributed by atoms with Crippen molar-refractivity contribution in [2.24, 2.45) is 0 Å². The van der Waals surface area contributed by atoms with Crippen LogP contribution in [0.3, 0.4) is 0 Å². The highest BCUT2D eigenvalue weighted by Crippen LogP contribution is 2.32. The maximum Gasteiger partial charge on any atom is 0.190 e. The molecular weight excluding hydrogens is 317 g/mol. The lowest BCUT2D eigenvalue weighted by atomic mass is 10.2. The lowest BCUT2D eigenvalue weighted by molar-refractivity contribution is 0.644. The van der Waals surface area contributed by atoms with Gasteiger partial charge < -0.3 is 0 Å². The normalized spacial score (nSPS) is 12.0. The molecule has 0 saturated carbocycles. The van der Waals surface area contributed by atoms with Gasteiger partial charge in [-0.2, -0.15) is 0 Å². The molecule has 0 N–H and O–H groups in total. The van der Waals surface area contributed by atoms with Gasteiger partial charge in [-0.05, 0) is 23.7 Å². The zero-order valence-corrected chi connectivity index (χ0v) is 10.7. The molecule has 0 aliphatic rings. The Hall–Kier alpha value is 1.60. The SMILES string of the molecule is ClC(Cl)(Cl)CCCCCCI. The minimum atomic E-state index is -1.04. The molecule has 0 fully saturated rings. The Morgan fingerprint density at radius 1 is 0.909 bits per heavy atom. The molecule has 11 heavy (non-hydrogen) atoms. The fourth-order valence-electron chi connectivity index (χ4n) is 0.773. The third-order valence-corrected chi connectivity index (χ3v) is 2.67. The molecule has 4 heteroatoms. The molecule has 0 aromatic heterocycles. The fraction of sp³-hybridized carbons (Fsp3) is 1.00. The van der Waals surface area contributed by atoms with Gasteiger partial charge in [0, 0.05) is 0 Å². The number of unbranched alkanes of at least 4 members (excludes halogenated alkanes) is 3. The van der Waals surface area contributed by atoms with Crippen LogP contribution in [-0.4, -0.2) is 8.22 Å². The number of rotatable bonds is 5. The van der Waals surface area contributed by atoms with Crippen molar-refractivity contribution in [1.29, 1.82) is 0 Å². The highest BCUT2D eigenvalue weighted by molar-refractivity contribution is 14.1. The zero-order valence-electron chi connectivity index (χ0n) is 6.25. The number of hydrogen-bond acceptors (Lipinski definition) is 0. The van der Waals surface area contributed by atoms with Crippen LogP contribution in [0.1, 0.15) is 32.1 Å². The molecule has 0 amide bonds. The van der Waals surface area contributed by atoms with Crippen LogP contribution in [0, 0.1) is 0 Å². The third-order valence-electron chi connectivity index (χ3n) is 1.34. The van der Waals surface area contributed by atoms with Crippen molar-refractivity contribution in [2.45, 2.75) is 35.9 Å². The van der Waals surface area contributed by atoms with E-state index in [2.05, 4.69) is 22.6 Å². The molecule has 0 saturated heterocycles. The highest BCUT2D eigenvalue weighted by atomic mass is 127. The molecular formula is C7H12Cl3I. The monoisotopic (exact) mass is 328 g/mol. The summed E-state index contributed by atoms with van der Waals surface area (Å²) in [5.41, 5.74) is 0. The second-order valence-electron chi connectivity index (χ2n) is 2.47. The summed E-state index contributed by atoms with van der Waals surface area (Å²) in [7, 11) is 0. The Morgan fingerprint density at radius 2 is 1.45 bits per heavy atom. The van der Waals surface area contributed by atoms with Gasteiger partial charge >= 0.3 is 0 Å². The summed E-state index contributed by atoms with van der Waals surface area (Å²) in [5, 5.41) is 0. The first kappa shape index (κ1) is 12.6. The van der Waals surface area contributed by atoms with Gasteiger partial charge in [-0.1, -0.05) is 70.2 Å². The van der Waals surface area contributed by atoms with Crippen LogP contribution in [-0.2, 0) is 0 Å². The van der Waals surface area contributed by atoms with E-state index in [1.807, 2.05) is 0 Å². The van der Waals surface area contributed by atoms with Gasteiger partial charge in [-0.15, -0.1) is 0 Å². The summed E-state index contributed by atoms with van der Waals surface area (Å²) in [6.07, 6.45) is 5.41. The lowest BCUT2D eigenvalue weighted by Crippen LogP contribution is -2.00. The zero-order chi connectivity index (χ0) is 8.74. The van der Waals surface area contributed by atoms with E-state index in [1.54, 1.807) is 0 Å². The second-order valence-corrected chi connectivity index (χ2v) is 6.06. The molecule has 0 atom stereocenters. The van der Waals surface area contributed by atoms with E-state index in [4.69, 9.17) is 34.8 Å². The van der Waals surface area contributed by atoms with E-state index in [-0.39, 0.29) is 0 Å². The van der Waals surface area contributed by atoms with Crippen LogP contribution < -0.4 is 0 Å². The number of halogens is 4. The molecule has 68 valence electrons. The standard InChI is InChI=1S/C7H12Cl3I/c8-7(9,10)5-3-1-2-4-6-11/h1-6H2. The Bertz CT molecular complexity index is 90.2. The Balaban J connectivity index is 3.02. The van der Waals surface area contributed by atoms with Crippen LogP contribution in [0.25, 0.3) is 0 Å². The van der Waals surface area contributed by atoms with Crippen LogP contribution in [0.4, 0.5) is 0 Å². The smallest absolute Gasteiger partial charge is 0.0864 e. The first-order chi connectivity index (χ1) is 5.06. The largest absolute Gasteiger partial charge is 0.190 e. The van der Waals surface area contributed by atoms with Gasteiger partial charge in [0.15, 0.2) is 3.79 Å². The third kappa shape index (κ3) is 11.6. The van der Waals surface area contributed by atoms with Crippen molar-refractivity contribution >= 4 is 57.4 Å². The average molecular weight is 329 g/mol. The predicted molar refractivity (Wildman–Crippen MR) is 62.3 cm³/mol.